The predicted octanol–water partition coefficient (Wildman–Crippen LogP) is 5.71. The summed E-state index contributed by atoms with van der Waals surface area (Å²) in [7, 11) is 0. The Labute approximate surface area is 158 Å². The van der Waals surface area contributed by atoms with Gasteiger partial charge in [-0.15, -0.1) is 0 Å². The smallest absolute Gasteiger partial charge is 0.229 e. The summed E-state index contributed by atoms with van der Waals surface area (Å²) in [4.78, 5) is 8.77. The lowest BCUT2D eigenvalue weighted by molar-refractivity contribution is 0.242. The number of hydrogen-bond donors (Lipinski definition) is 2. The molecular formula is C20H21ClN4O. The Bertz CT molecular complexity index is 881. The average Bonchev–Trinajstić information content (AvgIpc) is 2.61. The van der Waals surface area contributed by atoms with Gasteiger partial charge in [0.25, 0.3) is 0 Å². The first kappa shape index (κ1) is 18.0. The Hall–Kier alpha value is -2.79. The molecule has 0 unspecified atom stereocenters. The van der Waals surface area contributed by atoms with Crippen molar-refractivity contribution >= 4 is 34.7 Å². The zero-order chi connectivity index (χ0) is 18.5. The summed E-state index contributed by atoms with van der Waals surface area (Å²) in [6.07, 6.45) is 1.85. The van der Waals surface area contributed by atoms with E-state index in [-0.39, 0.29) is 6.10 Å². The third kappa shape index (κ3) is 4.64. The Kier molecular flexibility index (Phi) is 5.58. The highest BCUT2D eigenvalue weighted by Crippen LogP contribution is 2.25. The van der Waals surface area contributed by atoms with Crippen LogP contribution < -0.4 is 15.4 Å². The summed E-state index contributed by atoms with van der Waals surface area (Å²) in [5.41, 5.74) is 2.76. The molecule has 0 saturated heterocycles. The maximum Gasteiger partial charge on any atom is 0.229 e. The first-order chi connectivity index (χ1) is 12.5. The van der Waals surface area contributed by atoms with Gasteiger partial charge in [-0.1, -0.05) is 17.7 Å². The number of ether oxygens (including phenoxy) is 1. The summed E-state index contributed by atoms with van der Waals surface area (Å²) in [5, 5.41) is 7.17. The Morgan fingerprint density at radius 2 is 1.77 bits per heavy atom. The number of anilines is 4. The fraction of sp³-hybridized carbons (Fsp3) is 0.200. The summed E-state index contributed by atoms with van der Waals surface area (Å²) in [6.45, 7) is 5.96. The maximum atomic E-state index is 6.16. The number of hydrogen-bond acceptors (Lipinski definition) is 5. The number of rotatable bonds is 6. The van der Waals surface area contributed by atoms with E-state index >= 15 is 0 Å². The molecule has 1 aromatic heterocycles. The molecule has 2 aromatic carbocycles. The van der Waals surface area contributed by atoms with Crippen LogP contribution in [0.3, 0.4) is 0 Å². The number of aromatic nitrogens is 2. The van der Waals surface area contributed by atoms with Crippen LogP contribution >= 0.6 is 11.6 Å². The van der Waals surface area contributed by atoms with Crippen molar-refractivity contribution in [3.05, 3.63) is 65.3 Å². The van der Waals surface area contributed by atoms with E-state index in [0.29, 0.717) is 16.8 Å². The lowest BCUT2D eigenvalue weighted by atomic mass is 10.2. The Morgan fingerprint density at radius 3 is 2.50 bits per heavy atom. The Morgan fingerprint density at radius 1 is 1.00 bits per heavy atom. The van der Waals surface area contributed by atoms with Crippen LogP contribution in [-0.2, 0) is 0 Å². The molecular weight excluding hydrogens is 348 g/mol. The molecule has 5 nitrogen and oxygen atoms in total. The van der Waals surface area contributed by atoms with Gasteiger partial charge in [-0.2, -0.15) is 4.98 Å². The van der Waals surface area contributed by atoms with E-state index in [1.54, 1.807) is 6.20 Å². The first-order valence-corrected chi connectivity index (χ1v) is 8.78. The highest BCUT2D eigenvalue weighted by molar-refractivity contribution is 6.31. The zero-order valence-corrected chi connectivity index (χ0v) is 15.7. The van der Waals surface area contributed by atoms with Crippen molar-refractivity contribution in [2.45, 2.75) is 26.9 Å². The summed E-state index contributed by atoms with van der Waals surface area (Å²) >= 11 is 6.16. The molecule has 6 heteroatoms. The summed E-state index contributed by atoms with van der Waals surface area (Å²) in [5.74, 6) is 2.03. The molecule has 26 heavy (non-hydrogen) atoms. The van der Waals surface area contributed by atoms with E-state index in [2.05, 4.69) is 20.6 Å². The van der Waals surface area contributed by atoms with Crippen molar-refractivity contribution in [3.63, 3.8) is 0 Å². The fourth-order valence-corrected chi connectivity index (χ4v) is 2.56. The van der Waals surface area contributed by atoms with Crippen LogP contribution in [0.1, 0.15) is 19.4 Å². The highest BCUT2D eigenvalue weighted by Gasteiger charge is 2.05. The van der Waals surface area contributed by atoms with Crippen molar-refractivity contribution < 1.29 is 4.74 Å². The molecule has 0 bridgehead atoms. The lowest BCUT2D eigenvalue weighted by Crippen LogP contribution is -2.05. The van der Waals surface area contributed by atoms with E-state index in [9.17, 15) is 0 Å². The van der Waals surface area contributed by atoms with E-state index in [1.165, 1.54) is 0 Å². The quantitative estimate of drug-likeness (QED) is 0.583. The van der Waals surface area contributed by atoms with Crippen LogP contribution in [0.5, 0.6) is 5.75 Å². The maximum absolute atomic E-state index is 6.16. The van der Waals surface area contributed by atoms with E-state index in [4.69, 9.17) is 16.3 Å². The molecule has 0 aliphatic heterocycles. The topological polar surface area (TPSA) is 59.1 Å². The highest BCUT2D eigenvalue weighted by atomic mass is 35.5. The molecule has 2 N–H and O–H groups in total. The third-order valence-corrected chi connectivity index (χ3v) is 4.08. The molecule has 0 spiro atoms. The van der Waals surface area contributed by atoms with Crippen molar-refractivity contribution in [3.8, 4) is 5.75 Å². The van der Waals surface area contributed by atoms with Crippen LogP contribution in [0, 0.1) is 6.92 Å². The van der Waals surface area contributed by atoms with E-state index < -0.39 is 0 Å². The third-order valence-electron chi connectivity index (χ3n) is 3.67. The van der Waals surface area contributed by atoms with Gasteiger partial charge in [0.05, 0.1) is 6.10 Å². The number of halogens is 1. The van der Waals surface area contributed by atoms with Gasteiger partial charge in [-0.3, -0.25) is 0 Å². The van der Waals surface area contributed by atoms with Gasteiger partial charge in [-0.05, 0) is 68.8 Å². The molecule has 134 valence electrons. The minimum atomic E-state index is 0.152. The molecule has 3 aromatic rings. The van der Waals surface area contributed by atoms with Gasteiger partial charge in [-0.25, -0.2) is 4.98 Å². The fourth-order valence-electron chi connectivity index (χ4n) is 2.39. The van der Waals surface area contributed by atoms with Crippen LogP contribution in [0.15, 0.2) is 54.7 Å². The molecule has 0 radical (unpaired) electrons. The standard InChI is InChI=1S/C20H21ClN4O/c1-13(2)26-16-9-7-15(8-10-16)23-19-11-12-22-20(25-19)24-18-6-4-5-17(21)14(18)3/h4-13H,1-3H3,(H2,22,23,24,25). The van der Waals surface area contributed by atoms with Gasteiger partial charge < -0.3 is 15.4 Å². The number of benzene rings is 2. The van der Waals surface area contributed by atoms with Crippen LogP contribution in [0.4, 0.5) is 23.1 Å². The van der Waals surface area contributed by atoms with Crippen molar-refractivity contribution in [2.75, 3.05) is 10.6 Å². The van der Waals surface area contributed by atoms with E-state index in [0.717, 1.165) is 22.7 Å². The molecule has 0 aliphatic carbocycles. The molecule has 0 fully saturated rings. The molecule has 3 rings (SSSR count). The second kappa shape index (κ2) is 8.06. The lowest BCUT2D eigenvalue weighted by Gasteiger charge is -2.12. The van der Waals surface area contributed by atoms with Crippen LogP contribution in [0.25, 0.3) is 0 Å². The molecule has 1 heterocycles. The van der Waals surface area contributed by atoms with Crippen LogP contribution in [0.2, 0.25) is 5.02 Å². The van der Waals surface area contributed by atoms with Gasteiger partial charge in [0.1, 0.15) is 11.6 Å². The van der Waals surface area contributed by atoms with E-state index in [1.807, 2.05) is 69.3 Å². The zero-order valence-electron chi connectivity index (χ0n) is 15.0. The summed E-state index contributed by atoms with van der Waals surface area (Å²) < 4.78 is 5.65. The molecule has 0 atom stereocenters. The van der Waals surface area contributed by atoms with Crippen molar-refractivity contribution in [1.29, 1.82) is 0 Å². The predicted molar refractivity (Wildman–Crippen MR) is 107 cm³/mol. The monoisotopic (exact) mass is 368 g/mol. The molecule has 0 saturated carbocycles. The Balaban J connectivity index is 1.72. The SMILES string of the molecule is Cc1c(Cl)cccc1Nc1nccc(Nc2ccc(OC(C)C)cc2)n1. The second-order valence-electron chi connectivity index (χ2n) is 6.12. The van der Waals surface area contributed by atoms with Crippen LogP contribution in [-0.4, -0.2) is 16.1 Å². The van der Waals surface area contributed by atoms with Gasteiger partial charge in [0.2, 0.25) is 5.95 Å². The molecule has 0 aliphatic rings. The minimum absolute atomic E-state index is 0.152. The molecule has 0 amide bonds. The normalized spacial score (nSPS) is 10.7. The van der Waals surface area contributed by atoms with Gasteiger partial charge in [0.15, 0.2) is 0 Å². The average molecular weight is 369 g/mol. The van der Waals surface area contributed by atoms with Gasteiger partial charge in [0, 0.05) is 22.6 Å². The second-order valence-corrected chi connectivity index (χ2v) is 6.53. The number of nitrogens with one attached hydrogen (secondary N) is 2. The largest absolute Gasteiger partial charge is 0.491 e. The first-order valence-electron chi connectivity index (χ1n) is 8.40. The summed E-state index contributed by atoms with van der Waals surface area (Å²) in [6, 6.07) is 15.3. The van der Waals surface area contributed by atoms with Gasteiger partial charge >= 0.3 is 0 Å². The van der Waals surface area contributed by atoms with Crippen molar-refractivity contribution in [1.82, 2.24) is 9.97 Å². The minimum Gasteiger partial charge on any atom is -0.491 e. The number of nitrogens with zero attached hydrogens (tertiary/aromatic N) is 2. The van der Waals surface area contributed by atoms with Crippen molar-refractivity contribution in [2.24, 2.45) is 0 Å².